The smallest absolute Gasteiger partial charge is 0.0648 e. The van der Waals surface area contributed by atoms with E-state index in [0.29, 0.717) is 11.8 Å². The third-order valence-electron chi connectivity index (χ3n) is 7.55. The zero-order valence-corrected chi connectivity index (χ0v) is 21.5. The van der Waals surface area contributed by atoms with E-state index in [2.05, 4.69) is 56.0 Å². The van der Waals surface area contributed by atoms with Crippen LogP contribution in [0.2, 0.25) is 0 Å². The minimum Gasteiger partial charge on any atom is -0.396 e. The van der Waals surface area contributed by atoms with Gasteiger partial charge in [0.15, 0.2) is 0 Å². The summed E-state index contributed by atoms with van der Waals surface area (Å²) in [5.41, 5.74) is 7.73. The van der Waals surface area contributed by atoms with Crippen molar-refractivity contribution in [1.82, 2.24) is 19.6 Å². The van der Waals surface area contributed by atoms with Crippen LogP contribution in [0.5, 0.6) is 0 Å². The fourth-order valence-electron chi connectivity index (χ4n) is 5.77. The van der Waals surface area contributed by atoms with Crippen LogP contribution in [-0.4, -0.2) is 37.2 Å². The van der Waals surface area contributed by atoms with Crippen molar-refractivity contribution in [2.75, 3.05) is 12.5 Å². The van der Waals surface area contributed by atoms with Gasteiger partial charge in [0.05, 0.1) is 23.8 Å². The summed E-state index contributed by atoms with van der Waals surface area (Å²) >= 11 is 5.90. The van der Waals surface area contributed by atoms with Crippen LogP contribution in [0.25, 0.3) is 11.4 Å². The van der Waals surface area contributed by atoms with Crippen molar-refractivity contribution < 1.29 is 5.11 Å². The quantitative estimate of drug-likeness (QED) is 0.302. The Morgan fingerprint density at radius 2 is 1.19 bits per heavy atom. The molecule has 5 nitrogen and oxygen atoms in total. The maximum Gasteiger partial charge on any atom is 0.0648 e. The average molecular weight is 503 g/mol. The lowest BCUT2D eigenvalue weighted by atomic mass is 9.85. The van der Waals surface area contributed by atoms with Crippen LogP contribution >= 0.6 is 11.6 Å². The zero-order valence-electron chi connectivity index (χ0n) is 20.8. The highest BCUT2D eigenvalue weighted by atomic mass is 35.5. The molecule has 0 fully saturated rings. The maximum absolute atomic E-state index is 9.14. The summed E-state index contributed by atoms with van der Waals surface area (Å²) in [6, 6.07) is 20.6. The number of halogens is 1. The van der Waals surface area contributed by atoms with Crippen molar-refractivity contribution in [2.45, 2.75) is 63.2 Å². The maximum atomic E-state index is 9.14. The Kier molecular flexibility index (Phi) is 8.19. The number of hydrogen-bond donors (Lipinski definition) is 1. The van der Waals surface area contributed by atoms with Crippen LogP contribution in [-0.2, 0) is 12.8 Å². The van der Waals surface area contributed by atoms with Gasteiger partial charge in [0, 0.05) is 23.9 Å². The molecule has 0 aliphatic heterocycles. The first-order chi connectivity index (χ1) is 17.8. The molecular formula is C30H35ClN4O. The molecule has 6 heteroatoms. The van der Waals surface area contributed by atoms with Crippen molar-refractivity contribution in [3.8, 4) is 11.4 Å². The molecule has 6 rings (SSSR count). The Morgan fingerprint density at radius 3 is 1.64 bits per heavy atom. The van der Waals surface area contributed by atoms with Gasteiger partial charge in [0.2, 0.25) is 0 Å². The van der Waals surface area contributed by atoms with E-state index in [0.717, 1.165) is 42.9 Å². The summed E-state index contributed by atoms with van der Waals surface area (Å²) in [5.74, 6) is 1.82. The lowest BCUT2D eigenvalue weighted by Gasteiger charge is -2.22. The first-order valence-corrected chi connectivity index (χ1v) is 13.7. The molecule has 188 valence electrons. The van der Waals surface area contributed by atoms with Crippen molar-refractivity contribution >= 4 is 11.6 Å². The topological polar surface area (TPSA) is 55.9 Å². The van der Waals surface area contributed by atoms with Crippen LogP contribution in [0.15, 0.2) is 73.1 Å². The predicted molar refractivity (Wildman–Crippen MR) is 146 cm³/mol. The highest BCUT2D eigenvalue weighted by molar-refractivity contribution is 6.17. The van der Waals surface area contributed by atoms with E-state index in [1.165, 1.54) is 48.2 Å². The van der Waals surface area contributed by atoms with E-state index >= 15 is 0 Å². The fourth-order valence-corrected chi connectivity index (χ4v) is 6.03. The van der Waals surface area contributed by atoms with E-state index in [4.69, 9.17) is 16.7 Å². The molecule has 0 spiro atoms. The van der Waals surface area contributed by atoms with Crippen LogP contribution < -0.4 is 0 Å². The second-order valence-corrected chi connectivity index (χ2v) is 10.1. The number of aliphatic hydroxyl groups is 1. The molecule has 0 amide bonds. The van der Waals surface area contributed by atoms with Crippen molar-refractivity contribution in [3.05, 3.63) is 95.6 Å². The molecule has 2 atom stereocenters. The minimum atomic E-state index is 0.265. The third-order valence-corrected chi connectivity index (χ3v) is 7.77. The SMILES string of the molecule is ClCCC1CCCc2c1cnn2-c1ccccc1.OCCC1CCCc2c1cnn2-c1ccccc1. The van der Waals surface area contributed by atoms with Crippen molar-refractivity contribution in [2.24, 2.45) is 0 Å². The van der Waals surface area contributed by atoms with Gasteiger partial charge in [-0.15, -0.1) is 11.6 Å². The van der Waals surface area contributed by atoms with Gasteiger partial charge >= 0.3 is 0 Å². The number of benzene rings is 2. The summed E-state index contributed by atoms with van der Waals surface area (Å²) in [5, 5.41) is 18.3. The summed E-state index contributed by atoms with van der Waals surface area (Å²) < 4.78 is 4.15. The third kappa shape index (κ3) is 5.28. The van der Waals surface area contributed by atoms with Crippen molar-refractivity contribution in [1.29, 1.82) is 0 Å². The van der Waals surface area contributed by atoms with E-state index in [1.54, 1.807) is 0 Å². The van der Waals surface area contributed by atoms with E-state index in [-0.39, 0.29) is 6.61 Å². The van der Waals surface area contributed by atoms with Crippen LogP contribution in [0.3, 0.4) is 0 Å². The normalized spacial score (nSPS) is 18.6. The molecule has 0 radical (unpaired) electrons. The summed E-state index contributed by atoms with van der Waals surface area (Å²) in [6.45, 7) is 0.265. The lowest BCUT2D eigenvalue weighted by Crippen LogP contribution is -2.13. The van der Waals surface area contributed by atoms with E-state index < -0.39 is 0 Å². The Hall–Kier alpha value is -2.89. The average Bonchev–Trinajstić information content (AvgIpc) is 3.57. The molecule has 2 aliphatic carbocycles. The molecule has 1 N–H and O–H groups in total. The summed E-state index contributed by atoms with van der Waals surface area (Å²) in [6.07, 6.45) is 13.0. The van der Waals surface area contributed by atoms with Gasteiger partial charge in [0.1, 0.15) is 0 Å². The minimum absolute atomic E-state index is 0.265. The molecule has 0 saturated heterocycles. The summed E-state index contributed by atoms with van der Waals surface area (Å²) in [4.78, 5) is 0. The lowest BCUT2D eigenvalue weighted by molar-refractivity contribution is 0.269. The number of fused-ring (bicyclic) bond motifs is 2. The van der Waals surface area contributed by atoms with Crippen LogP contribution in [0.4, 0.5) is 0 Å². The van der Waals surface area contributed by atoms with E-state index in [1.807, 2.05) is 36.7 Å². The largest absolute Gasteiger partial charge is 0.396 e. The molecule has 2 aromatic heterocycles. The Morgan fingerprint density at radius 1 is 0.722 bits per heavy atom. The van der Waals surface area contributed by atoms with Crippen LogP contribution in [0, 0.1) is 0 Å². The number of alkyl halides is 1. The summed E-state index contributed by atoms with van der Waals surface area (Å²) in [7, 11) is 0. The van der Waals surface area contributed by atoms with Gasteiger partial charge in [-0.05, 0) is 98.6 Å². The van der Waals surface area contributed by atoms with Crippen molar-refractivity contribution in [3.63, 3.8) is 0 Å². The second kappa shape index (κ2) is 11.9. The van der Waals surface area contributed by atoms with Gasteiger partial charge in [-0.3, -0.25) is 0 Å². The molecule has 2 unspecified atom stereocenters. The van der Waals surface area contributed by atoms with E-state index in [9.17, 15) is 0 Å². The van der Waals surface area contributed by atoms with Gasteiger partial charge in [0.25, 0.3) is 0 Å². The van der Waals surface area contributed by atoms with Gasteiger partial charge < -0.3 is 5.11 Å². The number of aliphatic hydroxyl groups excluding tert-OH is 1. The highest BCUT2D eigenvalue weighted by Crippen LogP contribution is 2.36. The zero-order chi connectivity index (χ0) is 24.7. The Balaban J connectivity index is 0.000000148. The highest BCUT2D eigenvalue weighted by Gasteiger charge is 2.25. The molecule has 2 heterocycles. The van der Waals surface area contributed by atoms with Crippen LogP contribution in [0.1, 0.15) is 72.9 Å². The molecule has 0 saturated carbocycles. The number of aromatic nitrogens is 4. The molecule has 0 bridgehead atoms. The molecule has 2 aliphatic rings. The Labute approximate surface area is 218 Å². The molecule has 4 aromatic rings. The van der Waals surface area contributed by atoms with Gasteiger partial charge in [-0.25, -0.2) is 9.36 Å². The van der Waals surface area contributed by atoms with Gasteiger partial charge in [-0.1, -0.05) is 36.4 Å². The number of nitrogens with zero attached hydrogens (tertiary/aromatic N) is 4. The first-order valence-electron chi connectivity index (χ1n) is 13.2. The monoisotopic (exact) mass is 502 g/mol. The predicted octanol–water partition coefficient (Wildman–Crippen LogP) is 6.60. The Bertz CT molecular complexity index is 1140. The number of hydrogen-bond acceptors (Lipinski definition) is 3. The second-order valence-electron chi connectivity index (χ2n) is 9.76. The molecule has 2 aromatic carbocycles. The first kappa shape index (κ1) is 24.8. The molecular weight excluding hydrogens is 468 g/mol. The fraction of sp³-hybridized carbons (Fsp3) is 0.400. The molecule has 36 heavy (non-hydrogen) atoms. The number of rotatable bonds is 6. The number of para-hydroxylation sites is 2. The van der Waals surface area contributed by atoms with Gasteiger partial charge in [-0.2, -0.15) is 10.2 Å². The standard InChI is InChI=1S/C15H17ClN2.C15H18N2O/c16-10-9-12-5-4-8-15-14(12)11-17-18(15)13-6-2-1-3-7-13;18-10-9-12-5-4-8-15-14(12)11-16-17(15)13-6-2-1-3-7-13/h1-3,6-7,11-12H,4-5,8-10H2;1-3,6-7,11-12,18H,4-5,8-10H2.